The van der Waals surface area contributed by atoms with E-state index in [1.807, 2.05) is 30.3 Å². The Hall–Kier alpha value is -5.45. The van der Waals surface area contributed by atoms with Crippen LogP contribution in [0.3, 0.4) is 0 Å². The molecule has 0 aliphatic rings. The van der Waals surface area contributed by atoms with Crippen LogP contribution in [0, 0.1) is 10.1 Å². The van der Waals surface area contributed by atoms with E-state index in [0.29, 0.717) is 5.56 Å². The Morgan fingerprint density at radius 3 is 2.21 bits per heavy atom. The molecule has 0 bridgehead atoms. The summed E-state index contributed by atoms with van der Waals surface area (Å²) in [5, 5.41) is 17.3. The number of fused-ring (bicyclic) bond motifs is 1. The maximum atomic E-state index is 13.1. The predicted octanol–water partition coefficient (Wildman–Crippen LogP) is 4.76. The Morgan fingerprint density at radius 1 is 0.872 bits per heavy atom. The van der Waals surface area contributed by atoms with Crippen molar-refractivity contribution in [3.05, 3.63) is 99.6 Å². The van der Waals surface area contributed by atoms with Crippen LogP contribution in [0.15, 0.2) is 77.9 Å². The molecule has 0 aromatic heterocycles. The number of rotatable bonds is 9. The first-order valence-corrected chi connectivity index (χ1v) is 11.5. The van der Waals surface area contributed by atoms with E-state index < -0.39 is 22.5 Å². The second-order valence-corrected chi connectivity index (χ2v) is 7.98. The summed E-state index contributed by atoms with van der Waals surface area (Å²) in [4.78, 5) is 36.9. The van der Waals surface area contributed by atoms with Crippen LogP contribution in [0.2, 0.25) is 0 Å². The zero-order chi connectivity index (χ0) is 27.9. The fourth-order valence-electron chi connectivity index (χ4n) is 3.89. The normalized spacial score (nSPS) is 10.7. The first-order chi connectivity index (χ1) is 18.9. The Labute approximate surface area is 222 Å². The number of methoxy groups -OCH3 is 3. The van der Waals surface area contributed by atoms with Gasteiger partial charge in [-0.2, -0.15) is 5.10 Å². The topological polar surface area (TPSA) is 139 Å². The predicted molar refractivity (Wildman–Crippen MR) is 143 cm³/mol. The molecular weight excluding hydrogens is 506 g/mol. The lowest BCUT2D eigenvalue weighted by Gasteiger charge is -2.14. The summed E-state index contributed by atoms with van der Waals surface area (Å²) >= 11 is 0. The van der Waals surface area contributed by atoms with Crippen molar-refractivity contribution in [1.82, 2.24) is 5.43 Å². The van der Waals surface area contributed by atoms with Crippen LogP contribution in [-0.2, 0) is 0 Å². The molecule has 0 atom stereocenters. The van der Waals surface area contributed by atoms with Gasteiger partial charge in [0.15, 0.2) is 11.5 Å². The maximum absolute atomic E-state index is 13.1. The molecule has 4 rings (SSSR count). The molecule has 0 radical (unpaired) electrons. The van der Waals surface area contributed by atoms with Gasteiger partial charge in [0.05, 0.1) is 38.0 Å². The number of ether oxygens (including phenoxy) is 4. The first-order valence-electron chi connectivity index (χ1n) is 11.5. The number of benzene rings is 4. The highest BCUT2D eigenvalue weighted by atomic mass is 16.6. The second kappa shape index (κ2) is 11.7. The van der Waals surface area contributed by atoms with E-state index >= 15 is 0 Å². The molecule has 0 unspecified atom stereocenters. The SMILES string of the molecule is COc1cc(C(=O)Oc2c(/C=N/NC(=O)c3cccc4ccccc34)cccc2[N+](=O)[O-])cc(OC)c1OC. The number of nitro groups is 1. The minimum Gasteiger partial charge on any atom is -0.493 e. The van der Waals surface area contributed by atoms with E-state index in [-0.39, 0.29) is 34.1 Å². The number of nitrogens with one attached hydrogen (secondary N) is 1. The quantitative estimate of drug-likeness (QED) is 0.108. The van der Waals surface area contributed by atoms with Gasteiger partial charge in [0.25, 0.3) is 5.91 Å². The Kier molecular flexibility index (Phi) is 8.00. The molecule has 0 spiro atoms. The van der Waals surface area contributed by atoms with Gasteiger partial charge in [-0.15, -0.1) is 0 Å². The standard InChI is InChI=1S/C28H23N3O8/c1-36-23-14-19(15-24(37-2)26(23)38-3)28(33)39-25-18(10-7-13-22(25)31(34)35)16-29-30-27(32)21-12-6-9-17-8-4-5-11-20(17)21/h4-16H,1-3H3,(H,30,32)/b29-16+. The van der Waals surface area contributed by atoms with Gasteiger partial charge in [0, 0.05) is 17.2 Å². The van der Waals surface area contributed by atoms with Gasteiger partial charge in [0.2, 0.25) is 11.5 Å². The summed E-state index contributed by atoms with van der Waals surface area (Å²) in [6.45, 7) is 0. The molecular formula is C28H23N3O8. The number of esters is 1. The second-order valence-electron chi connectivity index (χ2n) is 7.98. The summed E-state index contributed by atoms with van der Waals surface area (Å²) in [5.74, 6) is -1.10. The van der Waals surface area contributed by atoms with Gasteiger partial charge in [0.1, 0.15) is 0 Å². The van der Waals surface area contributed by atoms with Gasteiger partial charge in [-0.1, -0.05) is 42.5 Å². The number of hydrogen-bond donors (Lipinski definition) is 1. The lowest BCUT2D eigenvalue weighted by Crippen LogP contribution is -2.18. The molecule has 11 nitrogen and oxygen atoms in total. The molecule has 39 heavy (non-hydrogen) atoms. The monoisotopic (exact) mass is 529 g/mol. The number of nitrogens with zero attached hydrogens (tertiary/aromatic N) is 2. The van der Waals surface area contributed by atoms with Crippen LogP contribution in [0.5, 0.6) is 23.0 Å². The van der Waals surface area contributed by atoms with Crippen LogP contribution >= 0.6 is 0 Å². The van der Waals surface area contributed by atoms with Crippen LogP contribution in [0.4, 0.5) is 5.69 Å². The Bertz CT molecular complexity index is 1570. The van der Waals surface area contributed by atoms with Crippen molar-refractivity contribution in [3.63, 3.8) is 0 Å². The van der Waals surface area contributed by atoms with Crippen LogP contribution in [0.25, 0.3) is 10.8 Å². The van der Waals surface area contributed by atoms with E-state index in [0.717, 1.165) is 17.0 Å². The van der Waals surface area contributed by atoms with Crippen molar-refractivity contribution in [3.8, 4) is 23.0 Å². The highest BCUT2D eigenvalue weighted by Crippen LogP contribution is 2.39. The summed E-state index contributed by atoms with van der Waals surface area (Å²) < 4.78 is 21.2. The fourth-order valence-corrected chi connectivity index (χ4v) is 3.89. The van der Waals surface area contributed by atoms with Crippen LogP contribution < -0.4 is 24.4 Å². The molecule has 0 heterocycles. The van der Waals surface area contributed by atoms with Gasteiger partial charge in [-0.05, 0) is 35.0 Å². The average Bonchev–Trinajstić information content (AvgIpc) is 2.96. The number of carbonyl (C=O) groups is 2. The highest BCUT2D eigenvalue weighted by Gasteiger charge is 2.24. The summed E-state index contributed by atoms with van der Waals surface area (Å²) in [5.41, 5.74) is 2.43. The number of amides is 1. The van der Waals surface area contributed by atoms with Crippen molar-refractivity contribution in [2.75, 3.05) is 21.3 Å². The smallest absolute Gasteiger partial charge is 0.344 e. The molecule has 0 aliphatic carbocycles. The van der Waals surface area contributed by atoms with Gasteiger partial charge >= 0.3 is 11.7 Å². The summed E-state index contributed by atoms with van der Waals surface area (Å²) in [7, 11) is 4.18. The van der Waals surface area contributed by atoms with E-state index in [9.17, 15) is 19.7 Å². The largest absolute Gasteiger partial charge is 0.493 e. The van der Waals surface area contributed by atoms with Crippen LogP contribution in [-0.4, -0.2) is 44.3 Å². The van der Waals surface area contributed by atoms with Crippen molar-refractivity contribution in [2.45, 2.75) is 0 Å². The third-order valence-electron chi connectivity index (χ3n) is 5.72. The van der Waals surface area contributed by atoms with Crippen molar-refractivity contribution in [1.29, 1.82) is 0 Å². The van der Waals surface area contributed by atoms with Crippen molar-refractivity contribution in [2.24, 2.45) is 5.10 Å². The first kappa shape index (κ1) is 26.6. The molecule has 0 saturated carbocycles. The number of hydrazone groups is 1. The molecule has 1 amide bonds. The van der Waals surface area contributed by atoms with E-state index in [4.69, 9.17) is 18.9 Å². The zero-order valence-corrected chi connectivity index (χ0v) is 21.2. The van der Waals surface area contributed by atoms with Crippen molar-refractivity contribution < 1.29 is 33.5 Å². The van der Waals surface area contributed by atoms with Gasteiger partial charge in [-0.25, -0.2) is 10.2 Å². The molecule has 0 saturated heterocycles. The zero-order valence-electron chi connectivity index (χ0n) is 21.2. The third-order valence-corrected chi connectivity index (χ3v) is 5.72. The highest BCUT2D eigenvalue weighted by molar-refractivity contribution is 6.07. The molecule has 0 aliphatic heterocycles. The van der Waals surface area contributed by atoms with E-state index in [2.05, 4.69) is 10.5 Å². The lowest BCUT2D eigenvalue weighted by molar-refractivity contribution is -0.385. The molecule has 198 valence electrons. The van der Waals surface area contributed by atoms with E-state index in [1.165, 1.54) is 51.7 Å². The minimum atomic E-state index is -0.919. The average molecular weight is 530 g/mol. The van der Waals surface area contributed by atoms with Gasteiger partial charge in [-0.3, -0.25) is 14.9 Å². The molecule has 4 aromatic carbocycles. The molecule has 4 aromatic rings. The third kappa shape index (κ3) is 5.62. The maximum Gasteiger partial charge on any atom is 0.344 e. The number of nitro benzene ring substituents is 1. The summed E-state index contributed by atoms with van der Waals surface area (Å²) in [6.07, 6.45) is 1.16. The van der Waals surface area contributed by atoms with Crippen molar-refractivity contribution >= 4 is 34.6 Å². The minimum absolute atomic E-state index is 0.00482. The number of carbonyl (C=O) groups excluding carboxylic acids is 2. The number of para-hydroxylation sites is 1. The van der Waals surface area contributed by atoms with E-state index in [1.54, 1.807) is 12.1 Å². The fraction of sp³-hybridized carbons (Fsp3) is 0.107. The molecule has 1 N–H and O–H groups in total. The Balaban J connectivity index is 1.63. The van der Waals surface area contributed by atoms with Gasteiger partial charge < -0.3 is 18.9 Å². The molecule has 11 heteroatoms. The lowest BCUT2D eigenvalue weighted by atomic mass is 10.0. The molecule has 0 fully saturated rings. The Morgan fingerprint density at radius 2 is 1.54 bits per heavy atom. The summed E-state index contributed by atoms with van der Waals surface area (Å²) in [6, 6.07) is 19.4. The van der Waals surface area contributed by atoms with Crippen LogP contribution in [0.1, 0.15) is 26.3 Å². The number of hydrogen-bond acceptors (Lipinski definition) is 9.